The Balaban J connectivity index is 2.10. The topological polar surface area (TPSA) is 12.0 Å². The van der Waals surface area contributed by atoms with E-state index in [1.807, 2.05) is 0 Å². The first-order chi connectivity index (χ1) is 6.72. The summed E-state index contributed by atoms with van der Waals surface area (Å²) in [6, 6.07) is 0.683. The minimum absolute atomic E-state index is 0.683. The Morgan fingerprint density at radius 3 is 2.86 bits per heavy atom. The molecule has 3 unspecified atom stereocenters. The molecule has 0 radical (unpaired) electrons. The Kier molecular flexibility index (Phi) is 5.95. The van der Waals surface area contributed by atoms with Crippen LogP contribution in [0.5, 0.6) is 0 Å². The van der Waals surface area contributed by atoms with E-state index in [9.17, 15) is 0 Å². The molecule has 3 atom stereocenters. The molecule has 0 aromatic heterocycles. The van der Waals surface area contributed by atoms with Crippen LogP contribution in [0.15, 0.2) is 0 Å². The summed E-state index contributed by atoms with van der Waals surface area (Å²) >= 11 is 2.19. The molecule has 1 aliphatic rings. The predicted molar refractivity (Wildman–Crippen MR) is 67.0 cm³/mol. The van der Waals surface area contributed by atoms with Gasteiger partial charge in [-0.15, -0.1) is 0 Å². The Hall–Kier alpha value is 0.310. The highest BCUT2D eigenvalue weighted by Crippen LogP contribution is 2.31. The molecule has 1 nitrogen and oxygen atoms in total. The molecule has 0 aromatic carbocycles. The fourth-order valence-electron chi connectivity index (χ4n) is 2.22. The summed E-state index contributed by atoms with van der Waals surface area (Å²) in [6.07, 6.45) is 5.81. The van der Waals surface area contributed by atoms with E-state index in [2.05, 4.69) is 37.8 Å². The summed E-state index contributed by atoms with van der Waals surface area (Å²) in [5.41, 5.74) is 0. The van der Waals surface area contributed by atoms with Crippen LogP contribution in [0.3, 0.4) is 0 Å². The lowest BCUT2D eigenvalue weighted by molar-refractivity contribution is 0.394. The van der Waals surface area contributed by atoms with Crippen LogP contribution in [-0.2, 0) is 0 Å². The fraction of sp³-hybridized carbons (Fsp3) is 1.00. The summed E-state index contributed by atoms with van der Waals surface area (Å²) in [7, 11) is 0. The molecule has 0 aliphatic heterocycles. The molecule has 0 saturated heterocycles. The molecule has 1 aliphatic carbocycles. The monoisotopic (exact) mass is 215 g/mol. The van der Waals surface area contributed by atoms with Gasteiger partial charge in [0.05, 0.1) is 0 Å². The Morgan fingerprint density at radius 1 is 1.43 bits per heavy atom. The molecular formula is C12H25NS. The minimum atomic E-state index is 0.683. The molecule has 0 amide bonds. The van der Waals surface area contributed by atoms with Crippen LogP contribution in [0.1, 0.15) is 46.5 Å². The highest BCUT2D eigenvalue weighted by atomic mass is 32.2. The summed E-state index contributed by atoms with van der Waals surface area (Å²) in [6.45, 7) is 7.98. The van der Waals surface area contributed by atoms with Crippen molar-refractivity contribution in [1.29, 1.82) is 0 Å². The molecular weight excluding hydrogens is 190 g/mol. The molecule has 14 heavy (non-hydrogen) atoms. The quantitative estimate of drug-likeness (QED) is 0.755. The van der Waals surface area contributed by atoms with E-state index in [1.54, 1.807) is 0 Å². The van der Waals surface area contributed by atoms with E-state index in [4.69, 9.17) is 0 Å². The lowest BCUT2D eigenvalue weighted by atomic mass is 9.91. The molecule has 1 fully saturated rings. The van der Waals surface area contributed by atoms with Crippen molar-refractivity contribution in [3.8, 4) is 0 Å². The van der Waals surface area contributed by atoms with Gasteiger partial charge in [-0.2, -0.15) is 11.8 Å². The highest BCUT2D eigenvalue weighted by Gasteiger charge is 2.19. The van der Waals surface area contributed by atoms with Gasteiger partial charge in [-0.25, -0.2) is 0 Å². The van der Waals surface area contributed by atoms with Crippen LogP contribution >= 0.6 is 11.8 Å². The van der Waals surface area contributed by atoms with Crippen LogP contribution in [0.25, 0.3) is 0 Å². The van der Waals surface area contributed by atoms with Crippen LogP contribution < -0.4 is 5.32 Å². The van der Waals surface area contributed by atoms with Gasteiger partial charge in [0.2, 0.25) is 0 Å². The first-order valence-corrected chi connectivity index (χ1v) is 7.12. The van der Waals surface area contributed by atoms with Crippen molar-refractivity contribution in [2.24, 2.45) is 5.92 Å². The van der Waals surface area contributed by atoms with Crippen LogP contribution in [0.4, 0.5) is 0 Å². The summed E-state index contributed by atoms with van der Waals surface area (Å²) in [4.78, 5) is 0. The van der Waals surface area contributed by atoms with Crippen molar-refractivity contribution in [2.45, 2.75) is 57.7 Å². The van der Waals surface area contributed by atoms with E-state index in [0.717, 1.165) is 17.7 Å². The fourth-order valence-corrected chi connectivity index (χ4v) is 3.69. The molecule has 0 bridgehead atoms. The van der Waals surface area contributed by atoms with Crippen molar-refractivity contribution in [1.82, 2.24) is 5.32 Å². The first kappa shape index (κ1) is 12.4. The molecule has 2 heteroatoms. The van der Waals surface area contributed by atoms with Crippen molar-refractivity contribution >= 4 is 11.8 Å². The van der Waals surface area contributed by atoms with E-state index >= 15 is 0 Å². The number of hydrogen-bond donors (Lipinski definition) is 1. The second-order valence-corrected chi connectivity index (χ2v) is 6.02. The summed E-state index contributed by atoms with van der Waals surface area (Å²) in [5, 5.41) is 4.42. The Labute approximate surface area is 93.4 Å². The number of nitrogens with one attached hydrogen (secondary N) is 1. The molecule has 1 N–H and O–H groups in total. The smallest absolute Gasteiger partial charge is 0.0129 e. The summed E-state index contributed by atoms with van der Waals surface area (Å²) < 4.78 is 0. The van der Waals surface area contributed by atoms with Crippen LogP contribution in [0.2, 0.25) is 0 Å². The van der Waals surface area contributed by atoms with Crippen LogP contribution in [0, 0.1) is 5.92 Å². The van der Waals surface area contributed by atoms with E-state index < -0.39 is 0 Å². The maximum Gasteiger partial charge on any atom is 0.0129 e. The van der Waals surface area contributed by atoms with Crippen LogP contribution in [-0.4, -0.2) is 23.6 Å². The largest absolute Gasteiger partial charge is 0.314 e. The van der Waals surface area contributed by atoms with Crippen molar-refractivity contribution in [3.05, 3.63) is 0 Å². The molecule has 0 spiro atoms. The lowest BCUT2D eigenvalue weighted by Gasteiger charge is -2.27. The first-order valence-electron chi connectivity index (χ1n) is 6.07. The predicted octanol–water partition coefficient (Wildman–Crippen LogP) is 3.30. The van der Waals surface area contributed by atoms with Gasteiger partial charge in [0.25, 0.3) is 0 Å². The minimum Gasteiger partial charge on any atom is -0.314 e. The van der Waals surface area contributed by atoms with E-state index in [-0.39, 0.29) is 0 Å². The summed E-state index contributed by atoms with van der Waals surface area (Å²) in [5.74, 6) is 2.25. The average Bonchev–Trinajstić information content (AvgIpc) is 2.15. The third-order valence-corrected chi connectivity index (χ3v) is 4.61. The molecule has 0 aromatic rings. The van der Waals surface area contributed by atoms with Gasteiger partial charge in [-0.3, -0.25) is 0 Å². The second-order valence-electron chi connectivity index (χ2n) is 4.69. The normalized spacial score (nSPS) is 30.2. The zero-order valence-electron chi connectivity index (χ0n) is 9.88. The zero-order chi connectivity index (χ0) is 10.4. The standard InChI is InChI=1S/C12H25NS/c1-4-13-11(3)9-14-12-7-5-6-10(2)8-12/h10-13H,4-9H2,1-3H3. The maximum absolute atomic E-state index is 3.48. The van der Waals surface area contributed by atoms with Gasteiger partial charge in [0, 0.05) is 17.0 Å². The van der Waals surface area contributed by atoms with Gasteiger partial charge >= 0.3 is 0 Å². The lowest BCUT2D eigenvalue weighted by Crippen LogP contribution is -2.29. The molecule has 0 heterocycles. The maximum atomic E-state index is 3.48. The molecule has 1 rings (SSSR count). The third-order valence-electron chi connectivity index (χ3n) is 3.02. The van der Waals surface area contributed by atoms with Crippen molar-refractivity contribution < 1.29 is 0 Å². The van der Waals surface area contributed by atoms with Crippen molar-refractivity contribution in [2.75, 3.05) is 12.3 Å². The highest BCUT2D eigenvalue weighted by molar-refractivity contribution is 7.99. The van der Waals surface area contributed by atoms with Gasteiger partial charge in [-0.1, -0.05) is 26.7 Å². The van der Waals surface area contributed by atoms with Gasteiger partial charge in [-0.05, 0) is 32.2 Å². The Bertz CT molecular complexity index is 149. The van der Waals surface area contributed by atoms with Gasteiger partial charge in [0.1, 0.15) is 0 Å². The molecule has 84 valence electrons. The molecule has 1 saturated carbocycles. The van der Waals surface area contributed by atoms with Gasteiger partial charge in [0.15, 0.2) is 0 Å². The number of hydrogen-bond acceptors (Lipinski definition) is 2. The second kappa shape index (κ2) is 6.73. The van der Waals surface area contributed by atoms with E-state index in [1.165, 1.54) is 31.4 Å². The zero-order valence-corrected chi connectivity index (χ0v) is 10.7. The number of thioether (sulfide) groups is 1. The Morgan fingerprint density at radius 2 is 2.21 bits per heavy atom. The third kappa shape index (κ3) is 4.70. The number of rotatable bonds is 5. The van der Waals surface area contributed by atoms with E-state index in [0.29, 0.717) is 6.04 Å². The van der Waals surface area contributed by atoms with Crippen molar-refractivity contribution in [3.63, 3.8) is 0 Å². The SMILES string of the molecule is CCNC(C)CSC1CCCC(C)C1. The van der Waals surface area contributed by atoms with Gasteiger partial charge < -0.3 is 5.32 Å². The average molecular weight is 215 g/mol.